The lowest BCUT2D eigenvalue weighted by atomic mass is 10.1. The van der Waals surface area contributed by atoms with Crippen LogP contribution in [0.3, 0.4) is 0 Å². The molecule has 0 saturated carbocycles. The zero-order chi connectivity index (χ0) is 13.8. The Morgan fingerprint density at radius 1 is 1.21 bits per heavy atom. The normalized spacial score (nSPS) is 11.9. The highest BCUT2D eigenvalue weighted by atomic mass is 35.5. The number of methoxy groups -OCH3 is 1. The van der Waals surface area contributed by atoms with E-state index in [2.05, 4.69) is 12.2 Å². The Hall–Kier alpha value is -1.87. The topological polar surface area (TPSA) is 41.5 Å². The van der Waals surface area contributed by atoms with Crippen molar-refractivity contribution in [2.45, 2.75) is 13.0 Å². The third-order valence-electron chi connectivity index (χ3n) is 2.92. The Balaban J connectivity index is 2.15. The van der Waals surface area contributed by atoms with E-state index < -0.39 is 0 Å². The van der Waals surface area contributed by atoms with Gasteiger partial charge in [-0.25, -0.2) is 0 Å². The predicted molar refractivity (Wildman–Crippen MR) is 78.1 cm³/mol. The lowest BCUT2D eigenvalue weighted by Gasteiger charge is -2.16. The van der Waals surface area contributed by atoms with Gasteiger partial charge in [-0.05, 0) is 42.8 Å². The van der Waals surface area contributed by atoms with Crippen LogP contribution >= 0.6 is 11.6 Å². The molecule has 1 unspecified atom stereocenters. The van der Waals surface area contributed by atoms with Gasteiger partial charge in [-0.15, -0.1) is 0 Å². The first-order valence-corrected chi connectivity index (χ1v) is 6.37. The van der Waals surface area contributed by atoms with Crippen molar-refractivity contribution in [1.29, 1.82) is 0 Å². The maximum atomic E-state index is 9.39. The maximum Gasteiger partial charge on any atom is 0.134 e. The summed E-state index contributed by atoms with van der Waals surface area (Å²) in [6, 6.07) is 13.1. The number of hydrogen-bond acceptors (Lipinski definition) is 3. The van der Waals surface area contributed by atoms with Gasteiger partial charge >= 0.3 is 0 Å². The summed E-state index contributed by atoms with van der Waals surface area (Å²) in [5.41, 5.74) is 1.97. The third-order valence-corrected chi connectivity index (χ3v) is 3.23. The van der Waals surface area contributed by atoms with Crippen LogP contribution in [0.15, 0.2) is 42.5 Å². The Morgan fingerprint density at radius 3 is 2.68 bits per heavy atom. The Bertz CT molecular complexity index is 572. The van der Waals surface area contributed by atoms with E-state index in [-0.39, 0.29) is 11.8 Å². The highest BCUT2D eigenvalue weighted by molar-refractivity contribution is 6.32. The van der Waals surface area contributed by atoms with Crippen molar-refractivity contribution in [3.05, 3.63) is 53.1 Å². The maximum absolute atomic E-state index is 9.39. The molecule has 2 rings (SSSR count). The fourth-order valence-electron chi connectivity index (χ4n) is 1.84. The van der Waals surface area contributed by atoms with E-state index in [4.69, 9.17) is 16.3 Å². The molecule has 0 fully saturated rings. The number of phenolic OH excluding ortho intramolecular Hbond substituents is 1. The molecule has 0 amide bonds. The smallest absolute Gasteiger partial charge is 0.134 e. The highest BCUT2D eigenvalue weighted by Crippen LogP contribution is 2.28. The largest absolute Gasteiger partial charge is 0.506 e. The van der Waals surface area contributed by atoms with Gasteiger partial charge in [-0.2, -0.15) is 0 Å². The zero-order valence-corrected chi connectivity index (χ0v) is 11.6. The molecule has 0 aromatic heterocycles. The molecule has 1 atom stereocenters. The van der Waals surface area contributed by atoms with Crippen molar-refractivity contribution in [3.8, 4) is 11.5 Å². The number of rotatable bonds is 4. The molecule has 0 aliphatic carbocycles. The summed E-state index contributed by atoms with van der Waals surface area (Å²) in [4.78, 5) is 0. The number of anilines is 1. The van der Waals surface area contributed by atoms with Gasteiger partial charge in [0.25, 0.3) is 0 Å². The van der Waals surface area contributed by atoms with Crippen LogP contribution in [0.25, 0.3) is 0 Å². The number of hydrogen-bond donors (Lipinski definition) is 2. The van der Waals surface area contributed by atoms with E-state index in [0.29, 0.717) is 5.02 Å². The van der Waals surface area contributed by atoms with E-state index in [1.54, 1.807) is 25.3 Å². The van der Waals surface area contributed by atoms with Crippen LogP contribution in [0.5, 0.6) is 11.5 Å². The summed E-state index contributed by atoms with van der Waals surface area (Å²) in [5, 5.41) is 13.0. The first-order chi connectivity index (χ1) is 9.10. The van der Waals surface area contributed by atoms with E-state index in [9.17, 15) is 5.11 Å². The SMILES string of the molecule is COc1cccc(C(C)Nc2ccc(O)c(Cl)c2)c1. The lowest BCUT2D eigenvalue weighted by molar-refractivity contribution is 0.414. The number of aromatic hydroxyl groups is 1. The fourth-order valence-corrected chi connectivity index (χ4v) is 2.02. The number of halogens is 1. The number of benzene rings is 2. The average molecular weight is 278 g/mol. The molecule has 100 valence electrons. The molecular weight excluding hydrogens is 262 g/mol. The van der Waals surface area contributed by atoms with Crippen LogP contribution in [-0.4, -0.2) is 12.2 Å². The van der Waals surface area contributed by atoms with Crippen molar-refractivity contribution in [1.82, 2.24) is 0 Å². The molecule has 0 saturated heterocycles. The number of nitrogens with one attached hydrogen (secondary N) is 1. The zero-order valence-electron chi connectivity index (χ0n) is 10.9. The fraction of sp³-hybridized carbons (Fsp3) is 0.200. The van der Waals surface area contributed by atoms with Gasteiger partial charge < -0.3 is 15.2 Å². The van der Waals surface area contributed by atoms with Crippen LogP contribution < -0.4 is 10.1 Å². The van der Waals surface area contributed by atoms with Gasteiger partial charge in [0.05, 0.1) is 12.1 Å². The Kier molecular flexibility index (Phi) is 4.17. The summed E-state index contributed by atoms with van der Waals surface area (Å²) < 4.78 is 5.21. The first-order valence-electron chi connectivity index (χ1n) is 5.99. The molecule has 0 spiro atoms. The van der Waals surface area contributed by atoms with Crippen LogP contribution in [0.1, 0.15) is 18.5 Å². The molecule has 0 bridgehead atoms. The van der Waals surface area contributed by atoms with Gasteiger partial charge in [0.2, 0.25) is 0 Å². The van der Waals surface area contributed by atoms with Crippen molar-refractivity contribution in [3.63, 3.8) is 0 Å². The second kappa shape index (κ2) is 5.85. The van der Waals surface area contributed by atoms with Crippen LogP contribution in [0.4, 0.5) is 5.69 Å². The monoisotopic (exact) mass is 277 g/mol. The van der Waals surface area contributed by atoms with E-state index >= 15 is 0 Å². The summed E-state index contributed by atoms with van der Waals surface area (Å²) in [6.45, 7) is 2.05. The summed E-state index contributed by atoms with van der Waals surface area (Å²) >= 11 is 5.88. The summed E-state index contributed by atoms with van der Waals surface area (Å²) in [5.74, 6) is 0.913. The van der Waals surface area contributed by atoms with Crippen LogP contribution in [0, 0.1) is 0 Å². The number of ether oxygens (including phenoxy) is 1. The molecule has 3 nitrogen and oxygen atoms in total. The quantitative estimate of drug-likeness (QED) is 0.822. The molecule has 2 N–H and O–H groups in total. The molecule has 4 heteroatoms. The lowest BCUT2D eigenvalue weighted by Crippen LogP contribution is -2.06. The van der Waals surface area contributed by atoms with Crippen LogP contribution in [0.2, 0.25) is 5.02 Å². The molecule has 2 aromatic carbocycles. The molecule has 0 aliphatic heterocycles. The van der Waals surface area contributed by atoms with Gasteiger partial charge in [0.15, 0.2) is 0 Å². The van der Waals surface area contributed by atoms with Crippen molar-refractivity contribution >= 4 is 17.3 Å². The molecule has 0 radical (unpaired) electrons. The van der Waals surface area contributed by atoms with Crippen molar-refractivity contribution < 1.29 is 9.84 Å². The Labute approximate surface area is 117 Å². The van der Waals surface area contributed by atoms with E-state index in [0.717, 1.165) is 17.0 Å². The average Bonchev–Trinajstić information content (AvgIpc) is 2.43. The Morgan fingerprint density at radius 2 is 2.00 bits per heavy atom. The third kappa shape index (κ3) is 3.32. The molecule has 19 heavy (non-hydrogen) atoms. The standard InChI is InChI=1S/C15H16ClNO2/c1-10(11-4-3-5-13(8-11)19-2)17-12-6-7-15(18)14(16)9-12/h3-10,17-18H,1-2H3. The second-order valence-electron chi connectivity index (χ2n) is 4.31. The summed E-state index contributed by atoms with van der Waals surface area (Å²) in [7, 11) is 1.65. The van der Waals surface area contributed by atoms with Crippen molar-refractivity contribution in [2.24, 2.45) is 0 Å². The van der Waals surface area contributed by atoms with Crippen molar-refractivity contribution in [2.75, 3.05) is 12.4 Å². The minimum absolute atomic E-state index is 0.0845. The minimum atomic E-state index is 0.0845. The molecule has 2 aromatic rings. The first kappa shape index (κ1) is 13.6. The second-order valence-corrected chi connectivity index (χ2v) is 4.72. The summed E-state index contributed by atoms with van der Waals surface area (Å²) in [6.07, 6.45) is 0. The van der Waals surface area contributed by atoms with Gasteiger partial charge in [-0.1, -0.05) is 23.7 Å². The number of phenols is 1. The molecule has 0 aliphatic rings. The van der Waals surface area contributed by atoms with Gasteiger partial charge in [-0.3, -0.25) is 0 Å². The molecule has 0 heterocycles. The van der Waals surface area contributed by atoms with E-state index in [1.807, 2.05) is 24.3 Å². The highest BCUT2D eigenvalue weighted by Gasteiger charge is 2.07. The van der Waals surface area contributed by atoms with Gasteiger partial charge in [0, 0.05) is 11.7 Å². The minimum Gasteiger partial charge on any atom is -0.506 e. The van der Waals surface area contributed by atoms with Crippen LogP contribution in [-0.2, 0) is 0 Å². The van der Waals surface area contributed by atoms with Gasteiger partial charge in [0.1, 0.15) is 11.5 Å². The van der Waals surface area contributed by atoms with E-state index in [1.165, 1.54) is 0 Å². The predicted octanol–water partition coefficient (Wildman–Crippen LogP) is 4.23. The molecular formula is C15H16ClNO2.